The van der Waals surface area contributed by atoms with Crippen molar-refractivity contribution in [1.29, 1.82) is 0 Å². The number of hydrogen-bond acceptors (Lipinski definition) is 1. The molecule has 0 fully saturated rings. The summed E-state index contributed by atoms with van der Waals surface area (Å²) in [6, 6.07) is 84.3. The van der Waals surface area contributed by atoms with Gasteiger partial charge in [-0.05, 0) is 141 Å². The summed E-state index contributed by atoms with van der Waals surface area (Å²) in [5.41, 5.74) is 17.0. The zero-order chi connectivity index (χ0) is 42.4. The number of aryl methyl sites for hydroxylation is 1. The first-order valence-electron chi connectivity index (χ1n) is 22.5. The van der Waals surface area contributed by atoms with E-state index in [4.69, 9.17) is 4.42 Å². The van der Waals surface area contributed by atoms with Crippen LogP contribution in [0.3, 0.4) is 0 Å². The van der Waals surface area contributed by atoms with Crippen molar-refractivity contribution >= 4 is 54.5 Å². The maximum Gasteiger partial charge on any atom is 0.135 e. The molecule has 0 bridgehead atoms. The number of nitrogens with zero attached hydrogens (tertiary/aromatic N) is 1. The third kappa shape index (κ3) is 7.04. The molecule has 10 aromatic carbocycles. The van der Waals surface area contributed by atoms with Gasteiger partial charge in [0.15, 0.2) is 0 Å². The second-order valence-corrected chi connectivity index (χ2v) is 17.2. The minimum Gasteiger partial charge on any atom is -0.456 e. The van der Waals surface area contributed by atoms with Crippen LogP contribution in [0, 0.1) is 0 Å². The molecule has 0 aliphatic rings. The Morgan fingerprint density at radius 1 is 0.359 bits per heavy atom. The molecular weight excluding hydrogens is 775 g/mol. The number of fused-ring (bicyclic) bond motifs is 7. The highest BCUT2D eigenvalue weighted by molar-refractivity contribution is 6.10. The minimum absolute atomic E-state index is 0.339. The molecule has 12 rings (SSSR count). The molecule has 0 N–H and O–H groups in total. The normalized spacial score (nSPS) is 12.2. The van der Waals surface area contributed by atoms with Crippen LogP contribution < -0.4 is 0 Å². The Morgan fingerprint density at radius 2 is 0.922 bits per heavy atom. The first kappa shape index (κ1) is 37.8. The maximum absolute atomic E-state index is 6.24. The number of benzene rings is 10. The summed E-state index contributed by atoms with van der Waals surface area (Å²) in [6.07, 6.45) is 2.99. The van der Waals surface area contributed by atoms with Gasteiger partial charge in [-0.2, -0.15) is 0 Å². The lowest BCUT2D eigenvalue weighted by Crippen LogP contribution is -2.05. The van der Waals surface area contributed by atoms with Crippen molar-refractivity contribution in [3.63, 3.8) is 0 Å². The molecule has 2 aromatic heterocycles. The Balaban J connectivity index is 0.788. The van der Waals surface area contributed by atoms with Crippen LogP contribution in [0.25, 0.3) is 93.6 Å². The van der Waals surface area contributed by atoms with Gasteiger partial charge in [0.1, 0.15) is 11.2 Å². The fraction of sp³-hybridized carbons (Fsp3) is 0.0645. The van der Waals surface area contributed by atoms with Crippen LogP contribution in [0.4, 0.5) is 0 Å². The standard InChI is InChI=1S/C62H45NO/c1-2-12-54(13-3-1)63-59-16-8-6-14-55(59)57-40-52(34-36-60(57)63)48-30-28-46(29-31-48)45-23-18-42(19-24-45)20-27-50(53-35-37-62-58(41-53)56-15-7-9-17-61(56)64-62)38-43-21-25-47(26-22-43)51-33-32-44-10-4-5-11-49(44)39-51/h1-19,21-26,28-37,39-41,50H,20,27,38H2. The van der Waals surface area contributed by atoms with E-state index in [9.17, 15) is 0 Å². The number of rotatable bonds is 10. The van der Waals surface area contributed by atoms with Gasteiger partial charge in [0.2, 0.25) is 0 Å². The van der Waals surface area contributed by atoms with E-state index in [1.54, 1.807) is 0 Å². The Labute approximate surface area is 373 Å². The predicted octanol–water partition coefficient (Wildman–Crippen LogP) is 16.8. The van der Waals surface area contributed by atoms with Crippen molar-refractivity contribution in [3.8, 4) is 39.1 Å². The van der Waals surface area contributed by atoms with Crippen molar-refractivity contribution < 1.29 is 4.42 Å². The smallest absolute Gasteiger partial charge is 0.135 e. The van der Waals surface area contributed by atoms with Crippen LogP contribution >= 0.6 is 0 Å². The molecule has 12 aromatic rings. The molecule has 64 heavy (non-hydrogen) atoms. The van der Waals surface area contributed by atoms with Crippen molar-refractivity contribution in [2.45, 2.75) is 25.2 Å². The zero-order valence-electron chi connectivity index (χ0n) is 35.5. The first-order chi connectivity index (χ1) is 31.7. The summed E-state index contributed by atoms with van der Waals surface area (Å²) in [5, 5.41) is 7.44. The van der Waals surface area contributed by atoms with Gasteiger partial charge >= 0.3 is 0 Å². The van der Waals surface area contributed by atoms with Crippen molar-refractivity contribution in [1.82, 2.24) is 4.57 Å². The van der Waals surface area contributed by atoms with E-state index in [0.29, 0.717) is 5.92 Å². The van der Waals surface area contributed by atoms with Gasteiger partial charge < -0.3 is 8.98 Å². The van der Waals surface area contributed by atoms with E-state index in [-0.39, 0.29) is 0 Å². The molecule has 0 aliphatic carbocycles. The van der Waals surface area contributed by atoms with Crippen molar-refractivity contribution in [2.75, 3.05) is 0 Å². The van der Waals surface area contributed by atoms with Gasteiger partial charge in [-0.15, -0.1) is 0 Å². The summed E-state index contributed by atoms with van der Waals surface area (Å²) < 4.78 is 8.61. The average molecular weight is 820 g/mol. The van der Waals surface area contributed by atoms with Gasteiger partial charge in [0.05, 0.1) is 11.0 Å². The number of aromatic nitrogens is 1. The lowest BCUT2D eigenvalue weighted by atomic mass is 9.86. The maximum atomic E-state index is 6.24. The highest BCUT2D eigenvalue weighted by atomic mass is 16.3. The highest BCUT2D eigenvalue weighted by Crippen LogP contribution is 2.37. The molecule has 0 aliphatic heterocycles. The molecule has 1 unspecified atom stereocenters. The minimum atomic E-state index is 0.339. The fourth-order valence-corrected chi connectivity index (χ4v) is 9.94. The van der Waals surface area contributed by atoms with Crippen LogP contribution in [0.5, 0.6) is 0 Å². The monoisotopic (exact) mass is 819 g/mol. The second kappa shape index (κ2) is 16.1. The molecule has 0 saturated heterocycles. The summed E-state index contributed by atoms with van der Waals surface area (Å²) in [5.74, 6) is 0.339. The van der Waals surface area contributed by atoms with E-state index in [2.05, 4.69) is 229 Å². The SMILES string of the molecule is c1ccc(-n2c3ccccc3c3cc(-c4ccc(-c5ccc(CCC(Cc6ccc(-c7ccc8ccccc8c7)cc6)c6ccc7oc8ccccc8c7c6)cc5)cc4)ccc32)cc1. The molecule has 2 nitrogen and oxygen atoms in total. The van der Waals surface area contributed by atoms with Crippen LogP contribution in [0.1, 0.15) is 29.0 Å². The van der Waals surface area contributed by atoms with Crippen LogP contribution in [0.2, 0.25) is 0 Å². The molecule has 0 saturated carbocycles. The predicted molar refractivity (Wildman–Crippen MR) is 270 cm³/mol. The van der Waals surface area contributed by atoms with Gasteiger partial charge in [-0.1, -0.05) is 176 Å². The third-order valence-corrected chi connectivity index (χ3v) is 13.4. The fourth-order valence-electron chi connectivity index (χ4n) is 9.94. The van der Waals surface area contributed by atoms with Crippen LogP contribution in [0.15, 0.2) is 235 Å². The van der Waals surface area contributed by atoms with E-state index in [1.807, 2.05) is 6.07 Å². The summed E-state index contributed by atoms with van der Waals surface area (Å²) in [4.78, 5) is 0. The van der Waals surface area contributed by atoms with Gasteiger partial charge in [0.25, 0.3) is 0 Å². The van der Waals surface area contributed by atoms with E-state index in [1.165, 1.54) is 99.1 Å². The second-order valence-electron chi connectivity index (χ2n) is 17.2. The number of furan rings is 1. The summed E-state index contributed by atoms with van der Waals surface area (Å²) >= 11 is 0. The van der Waals surface area contributed by atoms with E-state index in [0.717, 1.165) is 30.4 Å². The molecule has 0 radical (unpaired) electrons. The molecule has 304 valence electrons. The van der Waals surface area contributed by atoms with Crippen LogP contribution in [-0.2, 0) is 12.8 Å². The Morgan fingerprint density at radius 3 is 1.70 bits per heavy atom. The quantitative estimate of drug-likeness (QED) is 0.134. The van der Waals surface area contributed by atoms with E-state index < -0.39 is 0 Å². The Kier molecular flexibility index (Phi) is 9.49. The Bertz CT molecular complexity index is 3610. The molecule has 1 atom stereocenters. The highest BCUT2D eigenvalue weighted by Gasteiger charge is 2.17. The lowest BCUT2D eigenvalue weighted by Gasteiger charge is -2.19. The van der Waals surface area contributed by atoms with E-state index >= 15 is 0 Å². The number of para-hydroxylation sites is 3. The molecule has 2 heteroatoms. The largest absolute Gasteiger partial charge is 0.456 e. The zero-order valence-corrected chi connectivity index (χ0v) is 35.5. The Hall–Kier alpha value is -7.94. The average Bonchev–Trinajstić information content (AvgIpc) is 3.91. The van der Waals surface area contributed by atoms with Crippen molar-refractivity contribution in [3.05, 3.63) is 247 Å². The lowest BCUT2D eigenvalue weighted by molar-refractivity contribution is 0.621. The topological polar surface area (TPSA) is 18.1 Å². The summed E-state index contributed by atoms with van der Waals surface area (Å²) in [6.45, 7) is 0. The molecular formula is C62H45NO. The van der Waals surface area contributed by atoms with Gasteiger partial charge in [-0.25, -0.2) is 0 Å². The van der Waals surface area contributed by atoms with Gasteiger partial charge in [-0.3, -0.25) is 0 Å². The molecule has 0 spiro atoms. The molecule has 0 amide bonds. The summed E-state index contributed by atoms with van der Waals surface area (Å²) in [7, 11) is 0. The molecule has 2 heterocycles. The van der Waals surface area contributed by atoms with Crippen LogP contribution in [-0.4, -0.2) is 4.57 Å². The van der Waals surface area contributed by atoms with Gasteiger partial charge in [0, 0.05) is 27.2 Å². The third-order valence-electron chi connectivity index (χ3n) is 13.4. The number of hydrogen-bond donors (Lipinski definition) is 0. The van der Waals surface area contributed by atoms with Crippen molar-refractivity contribution in [2.24, 2.45) is 0 Å². The first-order valence-corrected chi connectivity index (χ1v) is 22.5.